The molecule has 0 spiro atoms. The molecule has 0 aliphatic rings. The van der Waals surface area contributed by atoms with Gasteiger partial charge >= 0.3 is 0 Å². The van der Waals surface area contributed by atoms with E-state index in [1.165, 1.54) is 43.8 Å². The number of hydrogen-bond acceptors (Lipinski definition) is 1. The molecule has 55 heavy (non-hydrogen) atoms. The lowest BCUT2D eigenvalue weighted by Gasteiger charge is -2.18. The lowest BCUT2D eigenvalue weighted by molar-refractivity contribution is 1.18. The van der Waals surface area contributed by atoms with Gasteiger partial charge in [0, 0.05) is 16.5 Å². The van der Waals surface area contributed by atoms with Crippen LogP contribution in [0.15, 0.2) is 188 Å². The maximum Gasteiger partial charge on any atom is 0.195 e. The minimum atomic E-state index is 0.603. The first-order valence-corrected chi connectivity index (χ1v) is 18.4. The summed E-state index contributed by atoms with van der Waals surface area (Å²) in [4.78, 5) is 3.91. The Hall–Kier alpha value is -7.72. The minimum absolute atomic E-state index is 0.603. The van der Waals surface area contributed by atoms with Crippen LogP contribution >= 0.6 is 0 Å². The predicted molar refractivity (Wildman–Crippen MR) is 229 cm³/mol. The van der Waals surface area contributed by atoms with Gasteiger partial charge in [-0.2, -0.15) is 5.26 Å². The first kappa shape index (κ1) is 32.0. The Balaban J connectivity index is 1.03. The molecule has 0 fully saturated rings. The van der Waals surface area contributed by atoms with E-state index in [4.69, 9.17) is 6.57 Å². The Morgan fingerprint density at radius 2 is 0.909 bits per heavy atom. The van der Waals surface area contributed by atoms with Gasteiger partial charge in [0.1, 0.15) is 0 Å². The summed E-state index contributed by atoms with van der Waals surface area (Å²) in [5.41, 5.74) is 13.3. The van der Waals surface area contributed by atoms with Crippen LogP contribution in [-0.2, 0) is 0 Å². The normalized spacial score (nSPS) is 11.2. The molecule has 0 unspecified atom stereocenters. The van der Waals surface area contributed by atoms with Crippen molar-refractivity contribution in [3.8, 4) is 56.3 Å². The van der Waals surface area contributed by atoms with Crippen LogP contribution < -0.4 is 0 Å². The molecular weight excluding hydrogens is 667 g/mol. The summed E-state index contributed by atoms with van der Waals surface area (Å²) in [6, 6.07) is 68.1. The van der Waals surface area contributed by atoms with Crippen molar-refractivity contribution >= 4 is 49.0 Å². The highest BCUT2D eigenvalue weighted by molar-refractivity contribution is 6.21. The third-order valence-corrected chi connectivity index (χ3v) is 10.9. The molecule has 3 nitrogen and oxygen atoms in total. The number of fused-ring (bicyclic) bond motifs is 5. The van der Waals surface area contributed by atoms with Gasteiger partial charge in [-0.05, 0) is 102 Å². The molecule has 0 radical (unpaired) electrons. The van der Waals surface area contributed by atoms with Crippen molar-refractivity contribution in [2.45, 2.75) is 0 Å². The van der Waals surface area contributed by atoms with Gasteiger partial charge < -0.3 is 4.57 Å². The summed E-state index contributed by atoms with van der Waals surface area (Å²) < 4.78 is 2.22. The first-order chi connectivity index (χ1) is 27.2. The number of nitriles is 1. The average Bonchev–Trinajstić information content (AvgIpc) is 3.59. The van der Waals surface area contributed by atoms with Crippen molar-refractivity contribution in [3.63, 3.8) is 0 Å². The molecule has 10 rings (SSSR count). The number of hydrogen-bond donors (Lipinski definition) is 0. The van der Waals surface area contributed by atoms with Crippen molar-refractivity contribution < 1.29 is 0 Å². The minimum Gasteiger partial charge on any atom is -0.309 e. The Labute approximate surface area is 319 Å². The molecule has 0 bridgehead atoms. The van der Waals surface area contributed by atoms with Crippen LogP contribution in [0.2, 0.25) is 0 Å². The maximum absolute atomic E-state index is 9.59. The highest BCUT2D eigenvalue weighted by Crippen LogP contribution is 2.44. The van der Waals surface area contributed by atoms with Crippen molar-refractivity contribution in [1.29, 1.82) is 5.26 Å². The van der Waals surface area contributed by atoms with E-state index < -0.39 is 0 Å². The van der Waals surface area contributed by atoms with E-state index in [2.05, 4.69) is 161 Å². The molecule has 0 N–H and O–H groups in total. The zero-order valence-corrected chi connectivity index (χ0v) is 29.7. The third-order valence-electron chi connectivity index (χ3n) is 10.9. The van der Waals surface area contributed by atoms with Crippen LogP contribution in [0, 0.1) is 17.9 Å². The molecule has 0 aliphatic heterocycles. The Kier molecular flexibility index (Phi) is 7.58. The fourth-order valence-electron chi connectivity index (χ4n) is 8.34. The van der Waals surface area contributed by atoms with Crippen molar-refractivity contribution in [2.75, 3.05) is 0 Å². The SMILES string of the molecule is [C-]#[N+]c1ccc(-n2c3ccccc3c3cc(C#N)ccc32)cc1-c1ccc(-c2ccc(-c3c4ccccc4c(-c4ccccc4)c4ccccc34)cc2)cc1. The molecule has 1 aromatic heterocycles. The molecular formula is C52H31N3. The second-order valence-electron chi connectivity index (χ2n) is 13.9. The van der Waals surface area contributed by atoms with E-state index in [0.717, 1.165) is 49.7 Å². The standard InChI is InChI=1S/C52H31N3/c1-54-48-29-28-40(55-49-18-10-9-13-41(49)47-31-34(33-53)19-30-50(47)55)32-46(48)37-24-20-35(21-25-37)36-22-26-39(27-23-36)52-44-16-7-5-14-42(44)51(38-11-3-2-4-12-38)43-15-6-8-17-45(43)52/h2-32H. The number of nitrogens with zero attached hydrogens (tertiary/aromatic N) is 3. The molecule has 1 heterocycles. The third kappa shape index (κ3) is 5.27. The van der Waals surface area contributed by atoms with Gasteiger partial charge in [0.25, 0.3) is 0 Å². The van der Waals surface area contributed by atoms with Crippen LogP contribution in [0.1, 0.15) is 5.56 Å². The number of benzene rings is 9. The average molecular weight is 698 g/mol. The molecule has 9 aromatic carbocycles. The lowest BCUT2D eigenvalue weighted by atomic mass is 9.86. The predicted octanol–water partition coefficient (Wildman–Crippen LogP) is 14.2. The van der Waals surface area contributed by atoms with E-state index in [-0.39, 0.29) is 0 Å². The maximum atomic E-state index is 9.59. The molecule has 0 saturated heterocycles. The lowest BCUT2D eigenvalue weighted by Crippen LogP contribution is -1.94. The topological polar surface area (TPSA) is 33.1 Å². The first-order valence-electron chi connectivity index (χ1n) is 18.4. The summed E-state index contributed by atoms with van der Waals surface area (Å²) >= 11 is 0. The molecule has 0 aliphatic carbocycles. The van der Waals surface area contributed by atoms with Gasteiger partial charge in [0.05, 0.1) is 29.2 Å². The van der Waals surface area contributed by atoms with Crippen LogP contribution in [0.25, 0.3) is 98.4 Å². The van der Waals surface area contributed by atoms with Crippen molar-refractivity contribution in [3.05, 3.63) is 205 Å². The van der Waals surface area contributed by atoms with Gasteiger partial charge in [-0.15, -0.1) is 0 Å². The van der Waals surface area contributed by atoms with Crippen LogP contribution in [0.4, 0.5) is 5.69 Å². The Morgan fingerprint density at radius 1 is 0.418 bits per heavy atom. The van der Waals surface area contributed by atoms with E-state index >= 15 is 0 Å². The second-order valence-corrected chi connectivity index (χ2v) is 13.9. The highest BCUT2D eigenvalue weighted by atomic mass is 15.0. The molecule has 0 atom stereocenters. The van der Waals surface area contributed by atoms with E-state index in [9.17, 15) is 5.26 Å². The van der Waals surface area contributed by atoms with Gasteiger partial charge in [-0.25, -0.2) is 4.85 Å². The van der Waals surface area contributed by atoms with E-state index in [1.807, 2.05) is 42.5 Å². The highest BCUT2D eigenvalue weighted by Gasteiger charge is 2.18. The summed E-state index contributed by atoms with van der Waals surface area (Å²) in [5, 5.41) is 16.7. The molecule has 0 saturated carbocycles. The van der Waals surface area contributed by atoms with Crippen LogP contribution in [-0.4, -0.2) is 4.57 Å². The van der Waals surface area contributed by atoms with Gasteiger partial charge in [-0.1, -0.05) is 152 Å². The largest absolute Gasteiger partial charge is 0.309 e. The summed E-state index contributed by atoms with van der Waals surface area (Å²) in [5.74, 6) is 0. The fraction of sp³-hybridized carbons (Fsp3) is 0. The quantitative estimate of drug-likeness (QED) is 0.130. The molecule has 10 aromatic rings. The number of aromatic nitrogens is 1. The van der Waals surface area contributed by atoms with Crippen LogP contribution in [0.5, 0.6) is 0 Å². The smallest absolute Gasteiger partial charge is 0.195 e. The monoisotopic (exact) mass is 697 g/mol. The second kappa shape index (κ2) is 13.0. The number of rotatable bonds is 5. The zero-order chi connectivity index (χ0) is 36.9. The van der Waals surface area contributed by atoms with Crippen LogP contribution in [0.3, 0.4) is 0 Å². The van der Waals surface area contributed by atoms with E-state index in [1.54, 1.807) is 0 Å². The fourth-order valence-corrected chi connectivity index (χ4v) is 8.34. The number of para-hydroxylation sites is 1. The van der Waals surface area contributed by atoms with Gasteiger partial charge in [0.15, 0.2) is 5.69 Å². The van der Waals surface area contributed by atoms with Gasteiger partial charge in [-0.3, -0.25) is 0 Å². The molecule has 3 heteroatoms. The Bertz CT molecular complexity index is 3140. The van der Waals surface area contributed by atoms with Crippen molar-refractivity contribution in [1.82, 2.24) is 4.57 Å². The zero-order valence-electron chi connectivity index (χ0n) is 29.7. The van der Waals surface area contributed by atoms with E-state index in [0.29, 0.717) is 11.3 Å². The summed E-state index contributed by atoms with van der Waals surface area (Å²) in [6.45, 7) is 8.00. The molecule has 0 amide bonds. The Morgan fingerprint density at radius 3 is 1.49 bits per heavy atom. The molecule has 254 valence electrons. The summed E-state index contributed by atoms with van der Waals surface area (Å²) in [7, 11) is 0. The summed E-state index contributed by atoms with van der Waals surface area (Å²) in [6.07, 6.45) is 0. The van der Waals surface area contributed by atoms with Gasteiger partial charge in [0.2, 0.25) is 0 Å². The van der Waals surface area contributed by atoms with Crippen molar-refractivity contribution in [2.24, 2.45) is 0 Å².